The van der Waals surface area contributed by atoms with E-state index in [2.05, 4.69) is 15.0 Å². The summed E-state index contributed by atoms with van der Waals surface area (Å²) in [4.78, 5) is 61.7. The average Bonchev–Trinajstić information content (AvgIpc) is 3.24. The number of esters is 1. The van der Waals surface area contributed by atoms with Gasteiger partial charge in [-0.1, -0.05) is 37.3 Å². The molecule has 0 radical (unpaired) electrons. The van der Waals surface area contributed by atoms with Crippen molar-refractivity contribution >= 4 is 35.1 Å². The molecule has 1 aromatic carbocycles. The Kier molecular flexibility index (Phi) is 8.36. The third-order valence-electron chi connectivity index (χ3n) is 5.66. The largest absolute Gasteiger partial charge is 0.478 e. The molecule has 3 rings (SSSR count). The molecule has 0 aliphatic heterocycles. The van der Waals surface area contributed by atoms with Crippen molar-refractivity contribution in [2.75, 3.05) is 12.3 Å². The van der Waals surface area contributed by atoms with Gasteiger partial charge in [0.25, 0.3) is 11.3 Å². The van der Waals surface area contributed by atoms with Crippen molar-refractivity contribution in [3.63, 3.8) is 0 Å². The Bertz CT molecular complexity index is 1370. The normalized spacial score (nSPS) is 13.1. The summed E-state index contributed by atoms with van der Waals surface area (Å²) in [5.41, 5.74) is 1.18. The maximum Gasteiger partial charge on any atom is 0.412 e. The molecule has 0 bridgehead atoms. The summed E-state index contributed by atoms with van der Waals surface area (Å²) >= 11 is 0. The lowest BCUT2D eigenvalue weighted by Crippen LogP contribution is -2.70. The van der Waals surface area contributed by atoms with Gasteiger partial charge in [-0.25, -0.2) is 14.6 Å². The van der Waals surface area contributed by atoms with E-state index in [0.29, 0.717) is 12.0 Å². The number of fused-ring (bicyclic) bond motifs is 1. The van der Waals surface area contributed by atoms with Gasteiger partial charge in [0, 0.05) is 13.5 Å². The Balaban J connectivity index is 2.06. The maximum absolute atomic E-state index is 13.4. The zero-order valence-electron chi connectivity index (χ0n) is 21.5. The van der Waals surface area contributed by atoms with Crippen LogP contribution < -0.4 is 11.3 Å². The van der Waals surface area contributed by atoms with Crippen molar-refractivity contribution in [3.05, 3.63) is 52.6 Å². The SMILES string of the molecule is CCCN(C(=O)OCc1ccccc1)[C@](OCn1cnc2c(=O)[nH]c(N)nc21)(C(=O)O)C(C)(C)OC(C)=O. The second-order valence-electron chi connectivity index (χ2n) is 8.86. The molecule has 14 heteroatoms. The predicted octanol–water partition coefficient (Wildman–Crippen LogP) is 1.85. The molecule has 204 valence electrons. The number of nitrogens with one attached hydrogen (secondary N) is 1. The first-order valence-corrected chi connectivity index (χ1v) is 11.7. The van der Waals surface area contributed by atoms with E-state index in [4.69, 9.17) is 19.9 Å². The lowest BCUT2D eigenvalue weighted by atomic mass is 9.91. The number of carbonyl (C=O) groups is 3. The number of benzene rings is 1. The third-order valence-corrected chi connectivity index (χ3v) is 5.66. The van der Waals surface area contributed by atoms with Gasteiger partial charge in [0.15, 0.2) is 16.8 Å². The minimum Gasteiger partial charge on any atom is -0.478 e. The molecule has 4 N–H and O–H groups in total. The van der Waals surface area contributed by atoms with Crippen LogP contribution in [-0.4, -0.2) is 65.4 Å². The van der Waals surface area contributed by atoms with Crippen LogP contribution in [0.2, 0.25) is 0 Å². The van der Waals surface area contributed by atoms with Gasteiger partial charge >= 0.3 is 18.0 Å². The molecule has 0 saturated heterocycles. The molecular weight excluding hydrogens is 500 g/mol. The van der Waals surface area contributed by atoms with Crippen molar-refractivity contribution in [2.45, 2.75) is 58.8 Å². The average molecular weight is 531 g/mol. The second kappa shape index (κ2) is 11.3. The van der Waals surface area contributed by atoms with Gasteiger partial charge in [0.1, 0.15) is 13.3 Å². The van der Waals surface area contributed by atoms with Crippen LogP contribution in [0.3, 0.4) is 0 Å². The van der Waals surface area contributed by atoms with Gasteiger partial charge < -0.3 is 25.1 Å². The summed E-state index contributed by atoms with van der Waals surface area (Å²) in [5.74, 6) is -2.61. The summed E-state index contributed by atoms with van der Waals surface area (Å²) in [6.07, 6.45) is 0.513. The van der Waals surface area contributed by atoms with Gasteiger partial charge in [0.2, 0.25) is 5.95 Å². The number of hydrogen-bond acceptors (Lipinski definition) is 10. The zero-order valence-corrected chi connectivity index (χ0v) is 21.5. The van der Waals surface area contributed by atoms with Gasteiger partial charge in [-0.05, 0) is 25.8 Å². The van der Waals surface area contributed by atoms with E-state index in [1.165, 1.54) is 24.7 Å². The highest BCUT2D eigenvalue weighted by molar-refractivity contribution is 5.85. The van der Waals surface area contributed by atoms with Crippen LogP contribution >= 0.6 is 0 Å². The Hall–Kier alpha value is -4.46. The Morgan fingerprint density at radius 3 is 2.50 bits per heavy atom. The standard InChI is InChI=1S/C24H30N6O8/c1-5-11-30(22(35)36-12-16-9-7-6-8-10-16)24(20(33)34,23(3,4)38-15(2)31)37-14-29-13-26-17-18(29)27-21(25)28-19(17)32/h6-10,13H,5,11-12,14H2,1-4H3,(H,33,34)(H3,25,27,28,32)/t24-/m0/s1. The maximum atomic E-state index is 13.4. The van der Waals surface area contributed by atoms with Gasteiger partial charge in [-0.15, -0.1) is 0 Å². The molecule has 14 nitrogen and oxygen atoms in total. The number of rotatable bonds is 11. The van der Waals surface area contributed by atoms with Gasteiger partial charge in [0.05, 0.1) is 6.33 Å². The topological polar surface area (TPSA) is 192 Å². The number of carboxylic acid groups (broad SMARTS) is 1. The number of anilines is 1. The van der Waals surface area contributed by atoms with Crippen LogP contribution in [0.4, 0.5) is 10.7 Å². The van der Waals surface area contributed by atoms with Gasteiger partial charge in [-0.2, -0.15) is 4.98 Å². The summed E-state index contributed by atoms with van der Waals surface area (Å²) in [7, 11) is 0. The minimum atomic E-state index is -2.58. The van der Waals surface area contributed by atoms with Crippen molar-refractivity contribution < 1.29 is 33.7 Å². The lowest BCUT2D eigenvalue weighted by molar-refractivity contribution is -0.261. The Labute approximate surface area is 217 Å². The first kappa shape index (κ1) is 28.1. The number of aromatic amines is 1. The number of aromatic nitrogens is 4. The number of ether oxygens (including phenoxy) is 3. The second-order valence-corrected chi connectivity index (χ2v) is 8.86. The van der Waals surface area contributed by atoms with Crippen LogP contribution in [0.1, 0.15) is 39.7 Å². The molecule has 0 aliphatic rings. The molecule has 0 spiro atoms. The Morgan fingerprint density at radius 1 is 1.21 bits per heavy atom. The van der Waals surface area contributed by atoms with E-state index in [9.17, 15) is 24.3 Å². The fourth-order valence-electron chi connectivity index (χ4n) is 4.07. The first-order valence-electron chi connectivity index (χ1n) is 11.7. The fraction of sp³-hybridized carbons (Fsp3) is 0.417. The summed E-state index contributed by atoms with van der Waals surface area (Å²) < 4.78 is 18.0. The molecule has 0 fully saturated rings. The summed E-state index contributed by atoms with van der Waals surface area (Å²) in [6, 6.07) is 8.82. The Morgan fingerprint density at radius 2 is 1.89 bits per heavy atom. The van der Waals surface area contributed by atoms with Crippen molar-refractivity contribution in [1.82, 2.24) is 24.4 Å². The first-order chi connectivity index (χ1) is 17.9. The number of nitrogens with two attached hydrogens (primary N) is 1. The van der Waals surface area contributed by atoms with Crippen LogP contribution in [0.25, 0.3) is 11.2 Å². The molecule has 2 aromatic heterocycles. The molecule has 0 saturated carbocycles. The van der Waals surface area contributed by atoms with E-state index in [0.717, 1.165) is 11.8 Å². The van der Waals surface area contributed by atoms with E-state index in [1.807, 2.05) is 0 Å². The molecular formula is C24H30N6O8. The number of aliphatic carboxylic acids is 1. The molecule has 3 aromatic rings. The number of carbonyl (C=O) groups excluding carboxylic acids is 2. The third kappa shape index (κ3) is 5.59. The molecule has 1 atom stereocenters. The monoisotopic (exact) mass is 530 g/mol. The number of imidazole rings is 1. The number of carboxylic acids is 1. The van der Waals surface area contributed by atoms with Crippen molar-refractivity contribution in [2.24, 2.45) is 0 Å². The van der Waals surface area contributed by atoms with Crippen molar-refractivity contribution in [3.8, 4) is 0 Å². The minimum absolute atomic E-state index is 0.0181. The molecule has 0 unspecified atom stereocenters. The predicted molar refractivity (Wildman–Crippen MR) is 133 cm³/mol. The quantitative estimate of drug-likeness (QED) is 0.242. The van der Waals surface area contributed by atoms with E-state index >= 15 is 0 Å². The summed E-state index contributed by atoms with van der Waals surface area (Å²) in [5, 5.41) is 10.6. The smallest absolute Gasteiger partial charge is 0.412 e. The van der Waals surface area contributed by atoms with E-state index < -0.39 is 41.6 Å². The van der Waals surface area contributed by atoms with Crippen LogP contribution in [0.15, 0.2) is 41.5 Å². The number of H-pyrrole nitrogens is 1. The van der Waals surface area contributed by atoms with Crippen LogP contribution in [0, 0.1) is 0 Å². The molecule has 1 amide bonds. The van der Waals surface area contributed by atoms with E-state index in [-0.39, 0.29) is 30.3 Å². The summed E-state index contributed by atoms with van der Waals surface area (Å²) in [6.45, 7) is 4.63. The highest BCUT2D eigenvalue weighted by atomic mass is 16.6. The molecule has 2 heterocycles. The molecule has 38 heavy (non-hydrogen) atoms. The number of amides is 1. The zero-order chi connectivity index (χ0) is 28.1. The number of nitrogens with zero attached hydrogens (tertiary/aromatic N) is 4. The highest BCUT2D eigenvalue weighted by Crippen LogP contribution is 2.36. The van der Waals surface area contributed by atoms with Crippen LogP contribution in [0.5, 0.6) is 0 Å². The fourth-order valence-corrected chi connectivity index (χ4v) is 4.07. The van der Waals surface area contributed by atoms with E-state index in [1.54, 1.807) is 37.3 Å². The number of nitrogen functional groups attached to an aromatic ring is 1. The van der Waals surface area contributed by atoms with Gasteiger partial charge in [-0.3, -0.25) is 24.0 Å². The number of hydrogen-bond donors (Lipinski definition) is 3. The van der Waals surface area contributed by atoms with Crippen LogP contribution in [-0.2, 0) is 37.1 Å². The van der Waals surface area contributed by atoms with Crippen molar-refractivity contribution in [1.29, 1.82) is 0 Å². The molecule has 0 aliphatic carbocycles. The highest BCUT2D eigenvalue weighted by Gasteiger charge is 2.62. The lowest BCUT2D eigenvalue weighted by Gasteiger charge is -2.47.